The fraction of sp³-hybridized carbons (Fsp3) is 0.429. The van der Waals surface area contributed by atoms with Gasteiger partial charge in [-0.2, -0.15) is 0 Å². The van der Waals surface area contributed by atoms with E-state index >= 15 is 0 Å². The minimum absolute atomic E-state index is 0. The lowest BCUT2D eigenvalue weighted by Gasteiger charge is -2.21. The molecular formula is C21H30IN5O2. The molecule has 8 heteroatoms. The number of nitrogens with zero attached hydrogens (tertiary/aromatic N) is 3. The smallest absolute Gasteiger partial charge is 0.191 e. The first kappa shape index (κ1) is 23.1. The number of halogens is 1. The van der Waals surface area contributed by atoms with Crippen LogP contribution in [0.15, 0.2) is 41.4 Å². The highest BCUT2D eigenvalue weighted by molar-refractivity contribution is 14.0. The monoisotopic (exact) mass is 511 g/mol. The second-order valence-corrected chi connectivity index (χ2v) is 6.84. The van der Waals surface area contributed by atoms with Crippen LogP contribution in [0.5, 0.6) is 11.5 Å². The maximum absolute atomic E-state index is 5.39. The first-order valence-corrected chi connectivity index (χ1v) is 9.49. The van der Waals surface area contributed by atoms with Crippen molar-refractivity contribution >= 4 is 35.6 Å². The first-order valence-electron chi connectivity index (χ1n) is 9.49. The number of pyridine rings is 1. The third kappa shape index (κ3) is 6.38. The van der Waals surface area contributed by atoms with Gasteiger partial charge in [0.15, 0.2) is 5.96 Å². The van der Waals surface area contributed by atoms with Gasteiger partial charge in [-0.15, -0.1) is 24.0 Å². The molecule has 0 saturated carbocycles. The van der Waals surface area contributed by atoms with E-state index in [-0.39, 0.29) is 24.0 Å². The van der Waals surface area contributed by atoms with Gasteiger partial charge in [0.2, 0.25) is 0 Å². The topological polar surface area (TPSA) is 71.0 Å². The molecule has 1 aliphatic rings. The lowest BCUT2D eigenvalue weighted by atomic mass is 10.2. The molecule has 158 valence electrons. The average Bonchev–Trinajstić information content (AvgIpc) is 3.19. The van der Waals surface area contributed by atoms with Gasteiger partial charge in [-0.25, -0.2) is 0 Å². The number of hydrogen-bond acceptors (Lipinski definition) is 5. The van der Waals surface area contributed by atoms with Crippen LogP contribution >= 0.6 is 24.0 Å². The van der Waals surface area contributed by atoms with Crippen molar-refractivity contribution < 1.29 is 9.47 Å². The first-order chi connectivity index (χ1) is 13.6. The number of anilines is 1. The summed E-state index contributed by atoms with van der Waals surface area (Å²) < 4.78 is 10.8. The van der Waals surface area contributed by atoms with E-state index in [1.165, 1.54) is 0 Å². The minimum Gasteiger partial charge on any atom is -0.497 e. The molecule has 0 radical (unpaired) electrons. The number of hydrogen-bond donors (Lipinski definition) is 2. The van der Waals surface area contributed by atoms with E-state index in [2.05, 4.69) is 25.5 Å². The molecule has 0 aliphatic carbocycles. The fourth-order valence-corrected chi connectivity index (χ4v) is 3.35. The summed E-state index contributed by atoms with van der Waals surface area (Å²) in [6.07, 6.45) is 1.03. The summed E-state index contributed by atoms with van der Waals surface area (Å²) in [6, 6.07) is 12.3. The SMILES string of the molecule is CN=C(NCc1cccc(C)n1)NC1CCN(c2cc(OC)cc(OC)c2)C1.I. The van der Waals surface area contributed by atoms with Gasteiger partial charge in [0.05, 0.1) is 26.5 Å². The van der Waals surface area contributed by atoms with Crippen molar-refractivity contribution in [2.24, 2.45) is 4.99 Å². The molecular weight excluding hydrogens is 481 g/mol. The third-order valence-corrected chi connectivity index (χ3v) is 4.84. The zero-order valence-electron chi connectivity index (χ0n) is 17.4. The number of aryl methyl sites for hydroxylation is 1. The van der Waals surface area contributed by atoms with Crippen LogP contribution in [0.3, 0.4) is 0 Å². The second-order valence-electron chi connectivity index (χ2n) is 6.84. The molecule has 29 heavy (non-hydrogen) atoms. The van der Waals surface area contributed by atoms with Crippen LogP contribution in [0.2, 0.25) is 0 Å². The molecule has 7 nitrogen and oxygen atoms in total. The van der Waals surface area contributed by atoms with Crippen LogP contribution in [0.25, 0.3) is 0 Å². The van der Waals surface area contributed by atoms with Gasteiger partial charge in [0.1, 0.15) is 11.5 Å². The van der Waals surface area contributed by atoms with Gasteiger partial charge >= 0.3 is 0 Å². The van der Waals surface area contributed by atoms with Crippen LogP contribution < -0.4 is 25.0 Å². The molecule has 0 spiro atoms. The van der Waals surface area contributed by atoms with Crippen molar-refractivity contribution in [3.05, 3.63) is 47.8 Å². The number of benzene rings is 1. The largest absolute Gasteiger partial charge is 0.497 e. The number of ether oxygens (including phenoxy) is 2. The Balaban J connectivity index is 0.00000300. The summed E-state index contributed by atoms with van der Waals surface area (Å²) in [5, 5.41) is 6.86. The summed E-state index contributed by atoms with van der Waals surface area (Å²) in [7, 11) is 5.13. The van der Waals surface area contributed by atoms with Gasteiger partial charge in [0, 0.05) is 55.8 Å². The zero-order valence-corrected chi connectivity index (χ0v) is 19.8. The minimum atomic E-state index is 0. The van der Waals surface area contributed by atoms with Crippen LogP contribution in [0.4, 0.5) is 5.69 Å². The van der Waals surface area contributed by atoms with Crippen molar-refractivity contribution in [1.82, 2.24) is 15.6 Å². The Morgan fingerprint density at radius 1 is 1.21 bits per heavy atom. The molecule has 1 unspecified atom stereocenters. The Morgan fingerprint density at radius 3 is 2.55 bits per heavy atom. The van der Waals surface area contributed by atoms with E-state index < -0.39 is 0 Å². The molecule has 2 heterocycles. The van der Waals surface area contributed by atoms with Crippen molar-refractivity contribution in [2.75, 3.05) is 39.3 Å². The van der Waals surface area contributed by atoms with Crippen molar-refractivity contribution in [3.63, 3.8) is 0 Å². The second kappa shape index (κ2) is 11.1. The summed E-state index contributed by atoms with van der Waals surface area (Å²) in [5.41, 5.74) is 3.12. The van der Waals surface area contributed by atoms with Crippen LogP contribution in [0, 0.1) is 6.92 Å². The van der Waals surface area contributed by atoms with Crippen LogP contribution in [-0.2, 0) is 6.54 Å². The molecule has 1 atom stereocenters. The fourth-order valence-electron chi connectivity index (χ4n) is 3.35. The van der Waals surface area contributed by atoms with E-state index in [0.717, 1.165) is 54.0 Å². The third-order valence-electron chi connectivity index (χ3n) is 4.84. The summed E-state index contributed by atoms with van der Waals surface area (Å²) in [4.78, 5) is 11.2. The zero-order chi connectivity index (χ0) is 19.9. The Bertz CT molecular complexity index is 808. The molecule has 0 amide bonds. The van der Waals surface area contributed by atoms with Crippen molar-refractivity contribution in [1.29, 1.82) is 0 Å². The molecule has 1 fully saturated rings. The standard InChI is InChI=1S/C21H29N5O2.HI/c1-15-6-5-7-16(24-15)13-23-21(22-2)25-17-8-9-26(14-17)18-10-19(27-3)12-20(11-18)28-4;/h5-7,10-12,17H,8-9,13-14H2,1-4H3,(H2,22,23,25);1H. The Hall–Kier alpha value is -2.23. The number of guanidine groups is 1. The molecule has 1 saturated heterocycles. The highest BCUT2D eigenvalue weighted by Gasteiger charge is 2.24. The molecule has 1 aromatic heterocycles. The Kier molecular flexibility index (Phi) is 8.81. The number of methoxy groups -OCH3 is 2. The highest BCUT2D eigenvalue weighted by atomic mass is 127. The maximum atomic E-state index is 5.39. The molecule has 2 aromatic rings. The maximum Gasteiger partial charge on any atom is 0.191 e. The molecule has 1 aliphatic heterocycles. The predicted molar refractivity (Wildman–Crippen MR) is 128 cm³/mol. The van der Waals surface area contributed by atoms with E-state index in [9.17, 15) is 0 Å². The molecule has 2 N–H and O–H groups in total. The molecule has 1 aromatic carbocycles. The Morgan fingerprint density at radius 2 is 1.93 bits per heavy atom. The van der Waals surface area contributed by atoms with E-state index in [4.69, 9.17) is 9.47 Å². The van der Waals surface area contributed by atoms with E-state index in [0.29, 0.717) is 12.6 Å². The van der Waals surface area contributed by atoms with Gasteiger partial charge in [0.25, 0.3) is 0 Å². The summed E-state index contributed by atoms with van der Waals surface area (Å²) in [5.74, 6) is 2.39. The number of aromatic nitrogens is 1. The van der Waals surface area contributed by atoms with Crippen LogP contribution in [0.1, 0.15) is 17.8 Å². The summed E-state index contributed by atoms with van der Waals surface area (Å²) in [6.45, 7) is 4.49. The van der Waals surface area contributed by atoms with Crippen LogP contribution in [-0.4, -0.2) is 51.3 Å². The number of nitrogens with one attached hydrogen (secondary N) is 2. The van der Waals surface area contributed by atoms with Crippen molar-refractivity contribution in [3.8, 4) is 11.5 Å². The average molecular weight is 511 g/mol. The number of rotatable bonds is 6. The Labute approximate surface area is 189 Å². The van der Waals surface area contributed by atoms with Gasteiger partial charge in [-0.1, -0.05) is 6.07 Å². The van der Waals surface area contributed by atoms with Gasteiger partial charge in [-0.3, -0.25) is 9.98 Å². The lowest BCUT2D eigenvalue weighted by Crippen LogP contribution is -2.44. The van der Waals surface area contributed by atoms with Crippen molar-refractivity contribution in [2.45, 2.75) is 25.9 Å². The quantitative estimate of drug-likeness (QED) is 0.353. The van der Waals surface area contributed by atoms with Gasteiger partial charge in [-0.05, 0) is 25.5 Å². The summed E-state index contributed by atoms with van der Waals surface area (Å²) >= 11 is 0. The predicted octanol–water partition coefficient (Wildman–Crippen LogP) is 2.97. The highest BCUT2D eigenvalue weighted by Crippen LogP contribution is 2.30. The molecule has 3 rings (SSSR count). The normalized spacial score (nSPS) is 16.2. The lowest BCUT2D eigenvalue weighted by molar-refractivity contribution is 0.394. The molecule has 0 bridgehead atoms. The van der Waals surface area contributed by atoms with Gasteiger partial charge < -0.3 is 25.0 Å². The van der Waals surface area contributed by atoms with E-state index in [1.807, 2.05) is 43.3 Å². The number of aliphatic imine (C=N–C) groups is 1. The van der Waals surface area contributed by atoms with E-state index in [1.54, 1.807) is 21.3 Å².